The summed E-state index contributed by atoms with van der Waals surface area (Å²) in [4.78, 5) is 34.3. The Kier molecular flexibility index (Phi) is 7.26. The third-order valence-electron chi connectivity index (χ3n) is 5.90. The number of rotatable bonds is 9. The lowest BCUT2D eigenvalue weighted by atomic mass is 9.87. The fraction of sp³-hybridized carbons (Fsp3) is 0.280. The Labute approximate surface area is 202 Å². The number of primary amides is 1. The average Bonchev–Trinajstić information content (AvgIpc) is 2.83. The molecule has 0 saturated carbocycles. The summed E-state index contributed by atoms with van der Waals surface area (Å²) in [5.74, 6) is -0.758. The minimum Gasteiger partial charge on any atom is -0.480 e. The Morgan fingerprint density at radius 1 is 1.18 bits per heavy atom. The number of nitrogens with zero attached hydrogens (tertiary/aromatic N) is 2. The predicted octanol–water partition coefficient (Wildman–Crippen LogP) is 3.03. The van der Waals surface area contributed by atoms with E-state index in [2.05, 4.69) is 21.6 Å². The van der Waals surface area contributed by atoms with Gasteiger partial charge in [-0.25, -0.2) is 4.31 Å². The summed E-state index contributed by atoms with van der Waals surface area (Å²) in [5, 5.41) is 2.41. The predicted molar refractivity (Wildman–Crippen MR) is 130 cm³/mol. The maximum absolute atomic E-state index is 11.4. The van der Waals surface area contributed by atoms with Crippen molar-refractivity contribution >= 4 is 23.8 Å². The Morgan fingerprint density at radius 3 is 2.59 bits per heavy atom. The van der Waals surface area contributed by atoms with Crippen LogP contribution in [0.3, 0.4) is 0 Å². The first kappa shape index (κ1) is 23.9. The van der Waals surface area contributed by atoms with Crippen LogP contribution < -0.4 is 11.5 Å². The van der Waals surface area contributed by atoms with Gasteiger partial charge in [-0.15, -0.1) is 4.91 Å². The average molecular weight is 479 g/mol. The molecule has 1 fully saturated rings. The lowest BCUT2D eigenvalue weighted by Crippen LogP contribution is -2.57. The van der Waals surface area contributed by atoms with Gasteiger partial charge in [-0.3, -0.25) is 9.59 Å². The van der Waals surface area contributed by atoms with Crippen LogP contribution in [-0.4, -0.2) is 35.3 Å². The molecule has 4 N–H and O–H groups in total. The maximum Gasteiger partial charge on any atom is 0.303 e. The number of amides is 2. The van der Waals surface area contributed by atoms with E-state index in [0.29, 0.717) is 19.5 Å². The number of ether oxygens (including phenoxy) is 1. The molecule has 1 heterocycles. The van der Waals surface area contributed by atoms with Gasteiger partial charge in [0, 0.05) is 10.1 Å². The summed E-state index contributed by atoms with van der Waals surface area (Å²) in [6.07, 6.45) is 6.31. The second-order valence-electron chi connectivity index (χ2n) is 8.45. The summed E-state index contributed by atoms with van der Waals surface area (Å²) >= 11 is 1.59. The molecule has 0 aromatic heterocycles. The van der Waals surface area contributed by atoms with Crippen LogP contribution in [-0.2, 0) is 26.3 Å². The Bertz CT molecular complexity index is 1130. The number of nitrogens with two attached hydrogens (primary N) is 2. The standard InChI is InChI=1S/C25H26N4O4S/c26-22(24(31)28-32)14-17-5-4-8-21(13-17)34-29-15-25(16-29,19-6-2-1-3-7-19)33-20-11-9-18(10-12-20)23(27)30/h1-9,11-13,18,22H,10,14-16,26H2,(H2,27,30). The first-order valence-corrected chi connectivity index (χ1v) is 11.7. The quantitative estimate of drug-likeness (QED) is 0.419. The zero-order valence-electron chi connectivity index (χ0n) is 18.5. The van der Waals surface area contributed by atoms with E-state index in [1.54, 1.807) is 18.0 Å². The molecule has 2 aromatic rings. The van der Waals surface area contributed by atoms with Gasteiger partial charge < -0.3 is 16.2 Å². The molecule has 0 spiro atoms. The van der Waals surface area contributed by atoms with Crippen molar-refractivity contribution in [3.8, 4) is 0 Å². The number of hydrogen-bond acceptors (Lipinski definition) is 7. The topological polar surface area (TPSA) is 128 Å². The minimum atomic E-state index is -0.938. The van der Waals surface area contributed by atoms with E-state index in [0.717, 1.165) is 21.8 Å². The minimum absolute atomic E-state index is 0.253. The number of hydrogen-bond donors (Lipinski definition) is 2. The Hall–Kier alpha value is -3.27. The van der Waals surface area contributed by atoms with Crippen molar-refractivity contribution in [2.45, 2.75) is 29.4 Å². The normalized spacial score (nSPS) is 20.0. The van der Waals surface area contributed by atoms with Gasteiger partial charge in [-0.2, -0.15) is 0 Å². The highest BCUT2D eigenvalue weighted by Gasteiger charge is 2.47. The lowest BCUT2D eigenvalue weighted by molar-refractivity contribution is -0.120. The van der Waals surface area contributed by atoms with Gasteiger partial charge in [0.25, 0.3) is 0 Å². The number of carbonyl (C=O) groups excluding carboxylic acids is 2. The second kappa shape index (κ2) is 10.3. The van der Waals surface area contributed by atoms with E-state index >= 15 is 0 Å². The van der Waals surface area contributed by atoms with E-state index in [-0.39, 0.29) is 18.2 Å². The van der Waals surface area contributed by atoms with Crippen LogP contribution in [0.2, 0.25) is 0 Å². The molecule has 4 rings (SSSR count). The van der Waals surface area contributed by atoms with E-state index in [9.17, 15) is 14.5 Å². The summed E-state index contributed by atoms with van der Waals surface area (Å²) in [5.41, 5.74) is 12.6. The molecule has 34 heavy (non-hydrogen) atoms. The second-order valence-corrected chi connectivity index (χ2v) is 9.62. The van der Waals surface area contributed by atoms with Crippen molar-refractivity contribution in [2.24, 2.45) is 22.6 Å². The molecular weight excluding hydrogens is 452 g/mol. The van der Waals surface area contributed by atoms with E-state index in [4.69, 9.17) is 16.2 Å². The van der Waals surface area contributed by atoms with Gasteiger partial charge in [-0.05, 0) is 60.2 Å². The molecule has 2 aromatic carbocycles. The van der Waals surface area contributed by atoms with Crippen molar-refractivity contribution in [3.05, 3.63) is 94.6 Å². The van der Waals surface area contributed by atoms with Gasteiger partial charge in [0.1, 0.15) is 5.76 Å². The zero-order valence-corrected chi connectivity index (χ0v) is 19.3. The van der Waals surface area contributed by atoms with E-state index in [1.807, 2.05) is 54.6 Å². The molecule has 1 aliphatic heterocycles. The molecule has 8 nitrogen and oxygen atoms in total. The first-order chi connectivity index (χ1) is 16.4. The van der Waals surface area contributed by atoms with Gasteiger partial charge in [0.2, 0.25) is 5.91 Å². The van der Waals surface area contributed by atoms with Crippen molar-refractivity contribution in [3.63, 3.8) is 0 Å². The molecule has 1 saturated heterocycles. The fourth-order valence-corrected chi connectivity index (χ4v) is 5.22. The zero-order chi connectivity index (χ0) is 24.1. The van der Waals surface area contributed by atoms with Crippen LogP contribution in [0.15, 0.2) is 88.7 Å². The molecule has 0 bridgehead atoms. The van der Waals surface area contributed by atoms with Crippen molar-refractivity contribution in [2.75, 3.05) is 13.1 Å². The molecule has 2 atom stereocenters. The van der Waals surface area contributed by atoms with Gasteiger partial charge in [0.05, 0.1) is 25.0 Å². The van der Waals surface area contributed by atoms with Crippen LogP contribution in [0, 0.1) is 10.8 Å². The number of nitroso groups, excluding NO2 is 1. The third-order valence-corrected chi connectivity index (χ3v) is 6.88. The van der Waals surface area contributed by atoms with Crippen LogP contribution in [0.25, 0.3) is 0 Å². The summed E-state index contributed by atoms with van der Waals surface area (Å²) < 4.78 is 8.68. The van der Waals surface area contributed by atoms with E-state index in [1.165, 1.54) is 0 Å². The highest BCUT2D eigenvalue weighted by Crippen LogP contribution is 2.43. The highest BCUT2D eigenvalue weighted by molar-refractivity contribution is 7.97. The van der Waals surface area contributed by atoms with E-state index < -0.39 is 17.6 Å². The number of benzene rings is 2. The van der Waals surface area contributed by atoms with Crippen LogP contribution in [0.5, 0.6) is 0 Å². The monoisotopic (exact) mass is 478 g/mol. The molecule has 1 aliphatic carbocycles. The molecule has 2 unspecified atom stereocenters. The van der Waals surface area contributed by atoms with Crippen LogP contribution in [0.1, 0.15) is 17.5 Å². The van der Waals surface area contributed by atoms with Gasteiger partial charge in [0.15, 0.2) is 5.60 Å². The number of allylic oxidation sites excluding steroid dienone is 2. The lowest BCUT2D eigenvalue weighted by Gasteiger charge is -2.49. The number of carbonyl (C=O) groups is 2. The smallest absolute Gasteiger partial charge is 0.303 e. The summed E-state index contributed by atoms with van der Waals surface area (Å²) in [7, 11) is 0. The van der Waals surface area contributed by atoms with Crippen LogP contribution >= 0.6 is 11.9 Å². The molecule has 9 heteroatoms. The fourth-order valence-electron chi connectivity index (χ4n) is 4.04. The van der Waals surface area contributed by atoms with Crippen LogP contribution in [0.4, 0.5) is 0 Å². The molecule has 2 aliphatic rings. The summed E-state index contributed by atoms with van der Waals surface area (Å²) in [6, 6.07) is 16.9. The van der Waals surface area contributed by atoms with Gasteiger partial charge >= 0.3 is 5.91 Å². The highest BCUT2D eigenvalue weighted by atomic mass is 32.2. The largest absolute Gasteiger partial charge is 0.480 e. The molecule has 176 valence electrons. The molecular formula is C25H26N4O4S. The third kappa shape index (κ3) is 5.44. The Morgan fingerprint density at radius 2 is 1.94 bits per heavy atom. The first-order valence-electron chi connectivity index (χ1n) is 11.0. The maximum atomic E-state index is 11.4. The molecule has 2 amide bonds. The Balaban J connectivity index is 1.43. The van der Waals surface area contributed by atoms with Gasteiger partial charge in [-0.1, -0.05) is 48.5 Å². The summed E-state index contributed by atoms with van der Waals surface area (Å²) in [6.45, 7) is 1.31. The van der Waals surface area contributed by atoms with Crippen molar-refractivity contribution in [1.82, 2.24) is 4.31 Å². The molecule has 0 radical (unpaired) electrons. The SMILES string of the molecule is NC(=O)C1C=CC(OC2(c3ccccc3)CN(Sc3cccc(CC(N)C(=O)N=O)c3)C2)=CC1. The van der Waals surface area contributed by atoms with Crippen molar-refractivity contribution < 1.29 is 14.3 Å². The van der Waals surface area contributed by atoms with Crippen molar-refractivity contribution in [1.29, 1.82) is 0 Å².